The van der Waals surface area contributed by atoms with E-state index in [4.69, 9.17) is 0 Å². The third kappa shape index (κ3) is 3.29. The van der Waals surface area contributed by atoms with Gasteiger partial charge >= 0.3 is 0 Å². The molecule has 29 heavy (non-hydrogen) atoms. The molecule has 1 aromatic heterocycles. The number of benzene rings is 2. The van der Waals surface area contributed by atoms with E-state index in [1.165, 1.54) is 65.3 Å². The largest absolute Gasteiger partial charge is 0.220 e. The highest BCUT2D eigenvalue weighted by Crippen LogP contribution is 2.50. The topological polar surface area (TPSA) is 3.88 Å². The van der Waals surface area contributed by atoms with E-state index in [2.05, 4.69) is 81.0 Å². The minimum Gasteiger partial charge on any atom is -0.200 e. The van der Waals surface area contributed by atoms with Crippen molar-refractivity contribution >= 4 is 10.8 Å². The molecule has 0 radical (unpaired) electrons. The fourth-order valence-electron chi connectivity index (χ4n) is 6.00. The van der Waals surface area contributed by atoms with E-state index >= 15 is 0 Å². The SMILES string of the molecule is Cc1ccc(C(C)C)cc1-c1c2ccc(C3CC4CCC3CC4)cc2cc[n+]1C. The fourth-order valence-corrected chi connectivity index (χ4v) is 6.00. The monoisotopic (exact) mass is 384 g/mol. The van der Waals surface area contributed by atoms with Gasteiger partial charge in [0.2, 0.25) is 5.69 Å². The zero-order valence-electron chi connectivity index (χ0n) is 18.4. The second-order valence-electron chi connectivity index (χ2n) is 9.97. The highest BCUT2D eigenvalue weighted by molar-refractivity contribution is 5.94. The first kappa shape index (κ1) is 18.9. The van der Waals surface area contributed by atoms with Crippen molar-refractivity contribution in [2.45, 2.75) is 64.7 Å². The summed E-state index contributed by atoms with van der Waals surface area (Å²) in [6, 6.07) is 16.6. The summed E-state index contributed by atoms with van der Waals surface area (Å²) in [5, 5.41) is 2.77. The normalized spacial score (nSPS) is 23.8. The van der Waals surface area contributed by atoms with Gasteiger partial charge in [0.1, 0.15) is 7.05 Å². The van der Waals surface area contributed by atoms with Gasteiger partial charge in [-0.05, 0) is 84.1 Å². The smallest absolute Gasteiger partial charge is 0.200 e. The van der Waals surface area contributed by atoms with Crippen LogP contribution in [-0.2, 0) is 7.05 Å². The minimum atomic E-state index is 0.544. The van der Waals surface area contributed by atoms with Gasteiger partial charge < -0.3 is 0 Å². The number of nitrogens with zero attached hydrogens (tertiary/aromatic N) is 1. The molecule has 1 unspecified atom stereocenters. The van der Waals surface area contributed by atoms with Crippen molar-refractivity contribution in [3.05, 3.63) is 65.4 Å². The van der Waals surface area contributed by atoms with Crippen molar-refractivity contribution < 1.29 is 4.57 Å². The molecule has 0 N–H and O–H groups in total. The van der Waals surface area contributed by atoms with Crippen molar-refractivity contribution in [1.29, 1.82) is 0 Å². The Balaban J connectivity index is 1.62. The standard InChI is InChI=1S/C28H34N/c1-18(2)22-8-5-19(3)26(17-22)28-25-12-11-23(16-24(25)13-14-29(28)4)27-15-20-6-9-21(27)10-7-20/h5,8,11-14,16-18,20-21,27H,6-7,9-10,15H2,1-4H3/q+1. The molecule has 0 saturated heterocycles. The van der Waals surface area contributed by atoms with Crippen molar-refractivity contribution in [2.24, 2.45) is 18.9 Å². The molecule has 1 heterocycles. The first-order valence-corrected chi connectivity index (χ1v) is 11.5. The maximum absolute atomic E-state index is 2.51. The lowest BCUT2D eigenvalue weighted by atomic mass is 9.63. The van der Waals surface area contributed by atoms with Crippen molar-refractivity contribution in [2.75, 3.05) is 0 Å². The summed E-state index contributed by atoms with van der Waals surface area (Å²) in [5.74, 6) is 3.23. The van der Waals surface area contributed by atoms with Crippen LogP contribution < -0.4 is 4.57 Å². The predicted octanol–water partition coefficient (Wildman–Crippen LogP) is 7.06. The van der Waals surface area contributed by atoms with E-state index in [1.54, 1.807) is 5.56 Å². The number of pyridine rings is 1. The Bertz CT molecular complexity index is 1050. The number of hydrogen-bond acceptors (Lipinski definition) is 0. The van der Waals surface area contributed by atoms with Gasteiger partial charge in [0.15, 0.2) is 6.20 Å². The maximum Gasteiger partial charge on any atom is 0.220 e. The van der Waals surface area contributed by atoms with E-state index in [9.17, 15) is 0 Å². The molecule has 1 nitrogen and oxygen atoms in total. The second kappa shape index (κ2) is 7.27. The Labute approximate surface area is 175 Å². The Kier molecular flexibility index (Phi) is 4.73. The van der Waals surface area contributed by atoms with Crippen LogP contribution in [0.15, 0.2) is 48.7 Å². The van der Waals surface area contributed by atoms with Gasteiger partial charge in [-0.3, -0.25) is 0 Å². The molecular formula is C28H34N+. The Morgan fingerprint density at radius 3 is 2.41 bits per heavy atom. The van der Waals surface area contributed by atoms with Crippen LogP contribution in [-0.4, -0.2) is 0 Å². The molecule has 2 aromatic carbocycles. The molecule has 0 amide bonds. The van der Waals surface area contributed by atoms with Gasteiger partial charge in [0.05, 0.1) is 5.39 Å². The molecular weight excluding hydrogens is 350 g/mol. The van der Waals surface area contributed by atoms with Crippen molar-refractivity contribution in [3.63, 3.8) is 0 Å². The third-order valence-electron chi connectivity index (χ3n) is 7.82. The fraction of sp³-hybridized carbons (Fsp3) is 0.464. The van der Waals surface area contributed by atoms with Crippen LogP contribution >= 0.6 is 0 Å². The van der Waals surface area contributed by atoms with E-state index in [-0.39, 0.29) is 0 Å². The summed E-state index contributed by atoms with van der Waals surface area (Å²) in [4.78, 5) is 0. The van der Waals surface area contributed by atoms with Gasteiger partial charge in [0.25, 0.3) is 0 Å². The molecule has 3 aromatic rings. The van der Waals surface area contributed by atoms with Gasteiger partial charge in [-0.2, -0.15) is 0 Å². The molecule has 0 aliphatic heterocycles. The van der Waals surface area contributed by atoms with Crippen LogP contribution in [0, 0.1) is 18.8 Å². The van der Waals surface area contributed by atoms with E-state index in [0.717, 1.165) is 17.8 Å². The molecule has 1 atom stereocenters. The molecule has 0 spiro atoms. The van der Waals surface area contributed by atoms with Gasteiger partial charge in [-0.25, -0.2) is 4.57 Å². The third-order valence-corrected chi connectivity index (χ3v) is 7.82. The zero-order chi connectivity index (χ0) is 20.1. The summed E-state index contributed by atoms with van der Waals surface area (Å²) in [6.45, 7) is 6.80. The van der Waals surface area contributed by atoms with E-state index in [0.29, 0.717) is 5.92 Å². The molecule has 150 valence electrons. The lowest BCUT2D eigenvalue weighted by Gasteiger charge is -2.42. The van der Waals surface area contributed by atoms with Crippen LogP contribution in [0.4, 0.5) is 0 Å². The van der Waals surface area contributed by atoms with Crippen LogP contribution in [0.25, 0.3) is 22.0 Å². The van der Waals surface area contributed by atoms with Crippen LogP contribution in [0.5, 0.6) is 0 Å². The van der Waals surface area contributed by atoms with Crippen molar-refractivity contribution in [3.8, 4) is 11.3 Å². The minimum absolute atomic E-state index is 0.544. The average molecular weight is 385 g/mol. The first-order chi connectivity index (χ1) is 14.0. The second-order valence-corrected chi connectivity index (χ2v) is 9.97. The summed E-state index contributed by atoms with van der Waals surface area (Å²) < 4.78 is 2.30. The summed E-state index contributed by atoms with van der Waals surface area (Å²) >= 11 is 0. The maximum atomic E-state index is 2.51. The highest BCUT2D eigenvalue weighted by atomic mass is 14.9. The number of aromatic nitrogens is 1. The van der Waals surface area contributed by atoms with Crippen LogP contribution in [0.1, 0.15) is 74.5 Å². The first-order valence-electron chi connectivity index (χ1n) is 11.5. The quantitative estimate of drug-likeness (QED) is 0.426. The molecule has 3 aliphatic carbocycles. The molecule has 6 rings (SSSR count). The molecule has 3 saturated carbocycles. The predicted molar refractivity (Wildman–Crippen MR) is 122 cm³/mol. The molecule has 2 bridgehead atoms. The average Bonchev–Trinajstić information content (AvgIpc) is 2.75. The zero-order valence-corrected chi connectivity index (χ0v) is 18.4. The number of hydrogen-bond donors (Lipinski definition) is 0. The Morgan fingerprint density at radius 2 is 1.72 bits per heavy atom. The van der Waals surface area contributed by atoms with Gasteiger partial charge in [-0.15, -0.1) is 0 Å². The summed E-state index contributed by atoms with van der Waals surface area (Å²) in [6.07, 6.45) is 9.50. The Hall–Kier alpha value is -2.15. The molecule has 3 aliphatic rings. The lowest BCUT2D eigenvalue weighted by Crippen LogP contribution is -2.31. The number of fused-ring (bicyclic) bond motifs is 4. The summed E-state index contributed by atoms with van der Waals surface area (Å²) in [5.41, 5.74) is 7.07. The van der Waals surface area contributed by atoms with E-state index < -0.39 is 0 Å². The van der Waals surface area contributed by atoms with Crippen LogP contribution in [0.2, 0.25) is 0 Å². The van der Waals surface area contributed by atoms with Crippen molar-refractivity contribution in [1.82, 2.24) is 0 Å². The van der Waals surface area contributed by atoms with E-state index in [1.807, 2.05) is 0 Å². The molecule has 3 fully saturated rings. The Morgan fingerprint density at radius 1 is 0.931 bits per heavy atom. The number of rotatable bonds is 3. The lowest BCUT2D eigenvalue weighted by molar-refractivity contribution is -0.659. The van der Waals surface area contributed by atoms with Gasteiger partial charge in [0, 0.05) is 11.6 Å². The van der Waals surface area contributed by atoms with Gasteiger partial charge in [-0.1, -0.05) is 51.0 Å². The number of aryl methyl sites for hydroxylation is 2. The highest BCUT2D eigenvalue weighted by Gasteiger charge is 2.36. The summed E-state index contributed by atoms with van der Waals surface area (Å²) in [7, 11) is 2.18. The molecule has 1 heteroatoms. The van der Waals surface area contributed by atoms with Crippen LogP contribution in [0.3, 0.4) is 0 Å².